The number of oxazole rings is 1. The topological polar surface area (TPSA) is 81.0 Å². The van der Waals surface area contributed by atoms with Gasteiger partial charge >= 0.3 is 6.18 Å². The van der Waals surface area contributed by atoms with E-state index in [2.05, 4.69) is 15.0 Å². The van der Waals surface area contributed by atoms with Gasteiger partial charge in [-0.1, -0.05) is 23.9 Å². The number of thioether (sulfide) groups is 1. The molecule has 0 atom stereocenters. The van der Waals surface area contributed by atoms with Crippen LogP contribution in [-0.2, 0) is 11.9 Å². The SMILES string of the molecule is CCOc1ccccc1-c1nc(CSc2nc(C(F)(F)F)cc(=O)[nH]2)c(C)o1. The summed E-state index contributed by atoms with van der Waals surface area (Å²) in [6, 6.07) is 7.68. The van der Waals surface area contributed by atoms with Gasteiger partial charge in [0.05, 0.1) is 17.9 Å². The zero-order valence-corrected chi connectivity index (χ0v) is 15.8. The summed E-state index contributed by atoms with van der Waals surface area (Å²) in [5.74, 6) is 1.66. The molecule has 2 aromatic heterocycles. The van der Waals surface area contributed by atoms with E-state index in [1.807, 2.05) is 19.1 Å². The van der Waals surface area contributed by atoms with Crippen molar-refractivity contribution in [3.05, 3.63) is 57.8 Å². The molecule has 2 heterocycles. The molecule has 10 heteroatoms. The van der Waals surface area contributed by atoms with Gasteiger partial charge < -0.3 is 14.1 Å². The Hall–Kier alpha value is -2.75. The Balaban J connectivity index is 1.82. The fourth-order valence-corrected chi connectivity index (χ4v) is 3.26. The minimum absolute atomic E-state index is 0.140. The van der Waals surface area contributed by atoms with Crippen molar-refractivity contribution in [1.82, 2.24) is 15.0 Å². The lowest BCUT2D eigenvalue weighted by Gasteiger charge is -2.06. The van der Waals surface area contributed by atoms with Crippen LogP contribution in [-0.4, -0.2) is 21.6 Å². The number of rotatable bonds is 6. The van der Waals surface area contributed by atoms with Gasteiger partial charge in [0.25, 0.3) is 5.56 Å². The summed E-state index contributed by atoms with van der Waals surface area (Å²) in [5.41, 5.74) is -0.893. The van der Waals surface area contributed by atoms with Gasteiger partial charge in [0.15, 0.2) is 10.9 Å². The Morgan fingerprint density at radius 3 is 2.71 bits per heavy atom. The van der Waals surface area contributed by atoms with E-state index in [1.165, 1.54) is 0 Å². The first-order valence-electron chi connectivity index (χ1n) is 8.27. The van der Waals surface area contributed by atoms with Crippen LogP contribution in [0.3, 0.4) is 0 Å². The number of hydrogen-bond acceptors (Lipinski definition) is 6. The van der Waals surface area contributed by atoms with Crippen LogP contribution in [0.5, 0.6) is 5.75 Å². The van der Waals surface area contributed by atoms with Gasteiger partial charge in [0, 0.05) is 11.8 Å². The summed E-state index contributed by atoms with van der Waals surface area (Å²) in [7, 11) is 0. The molecule has 0 saturated carbocycles. The molecule has 1 N–H and O–H groups in total. The van der Waals surface area contributed by atoms with Crippen molar-refractivity contribution in [3.63, 3.8) is 0 Å². The second kappa shape index (κ2) is 8.09. The standard InChI is InChI=1S/C18H16F3N3O3S/c1-3-26-13-7-5-4-6-11(13)16-22-12(10(2)27-16)9-28-17-23-14(18(19,20)21)8-15(25)24-17/h4-8H,3,9H2,1-2H3,(H,23,24,25). The van der Waals surface area contributed by atoms with Crippen molar-refractivity contribution >= 4 is 11.8 Å². The molecule has 6 nitrogen and oxygen atoms in total. The lowest BCUT2D eigenvalue weighted by atomic mass is 10.2. The average molecular weight is 411 g/mol. The Bertz CT molecular complexity index is 1030. The Morgan fingerprint density at radius 1 is 1.25 bits per heavy atom. The van der Waals surface area contributed by atoms with Crippen LogP contribution in [0.2, 0.25) is 0 Å². The minimum Gasteiger partial charge on any atom is -0.493 e. The first-order valence-corrected chi connectivity index (χ1v) is 9.26. The summed E-state index contributed by atoms with van der Waals surface area (Å²) in [6.45, 7) is 4.05. The summed E-state index contributed by atoms with van der Waals surface area (Å²) in [6.07, 6.45) is -4.69. The molecule has 3 aromatic rings. The molecule has 0 amide bonds. The van der Waals surface area contributed by atoms with Crippen molar-refractivity contribution in [1.29, 1.82) is 0 Å². The maximum absolute atomic E-state index is 12.8. The van der Waals surface area contributed by atoms with Crippen molar-refractivity contribution in [2.75, 3.05) is 6.61 Å². The highest BCUT2D eigenvalue weighted by Crippen LogP contribution is 2.32. The van der Waals surface area contributed by atoms with Crippen LogP contribution in [0, 0.1) is 6.92 Å². The monoisotopic (exact) mass is 411 g/mol. The number of para-hydroxylation sites is 1. The number of H-pyrrole nitrogens is 1. The average Bonchev–Trinajstić information content (AvgIpc) is 3.00. The van der Waals surface area contributed by atoms with Crippen molar-refractivity contribution in [2.45, 2.75) is 30.9 Å². The smallest absolute Gasteiger partial charge is 0.433 e. The highest BCUT2D eigenvalue weighted by atomic mass is 32.2. The van der Waals surface area contributed by atoms with E-state index >= 15 is 0 Å². The normalized spacial score (nSPS) is 11.6. The Labute approximate surface area is 162 Å². The first-order chi connectivity index (χ1) is 13.3. The molecule has 0 bridgehead atoms. The number of nitrogens with zero attached hydrogens (tertiary/aromatic N) is 2. The number of aromatic nitrogens is 3. The first kappa shape index (κ1) is 20.0. The molecule has 0 aliphatic carbocycles. The van der Waals surface area contributed by atoms with Crippen LogP contribution < -0.4 is 10.3 Å². The molecule has 0 radical (unpaired) electrons. The predicted molar refractivity (Wildman–Crippen MR) is 97.3 cm³/mol. The number of ether oxygens (including phenoxy) is 1. The second-order valence-corrected chi connectivity index (χ2v) is 6.64. The van der Waals surface area contributed by atoms with E-state index < -0.39 is 17.4 Å². The lowest BCUT2D eigenvalue weighted by molar-refractivity contribution is -0.141. The van der Waals surface area contributed by atoms with Crippen LogP contribution in [0.25, 0.3) is 11.5 Å². The van der Waals surface area contributed by atoms with Gasteiger partial charge in [-0.25, -0.2) is 9.97 Å². The zero-order chi connectivity index (χ0) is 20.3. The third-order valence-electron chi connectivity index (χ3n) is 3.67. The van der Waals surface area contributed by atoms with Gasteiger partial charge in [0.1, 0.15) is 11.5 Å². The molecule has 0 spiro atoms. The minimum atomic E-state index is -4.69. The van der Waals surface area contributed by atoms with Gasteiger partial charge in [-0.05, 0) is 26.0 Å². The molecular formula is C18H16F3N3O3S. The quantitative estimate of drug-likeness (QED) is 0.477. The van der Waals surface area contributed by atoms with E-state index in [0.29, 0.717) is 41.3 Å². The van der Waals surface area contributed by atoms with E-state index in [9.17, 15) is 18.0 Å². The summed E-state index contributed by atoms with van der Waals surface area (Å²) in [4.78, 5) is 21.6. The van der Waals surface area contributed by atoms with E-state index in [-0.39, 0.29) is 10.9 Å². The number of hydrogen-bond donors (Lipinski definition) is 1. The van der Waals surface area contributed by atoms with Crippen molar-refractivity contribution in [2.24, 2.45) is 0 Å². The number of alkyl halides is 3. The predicted octanol–water partition coefficient (Wildman–Crippen LogP) is 4.44. The van der Waals surface area contributed by atoms with E-state index in [4.69, 9.17) is 9.15 Å². The molecule has 28 heavy (non-hydrogen) atoms. The van der Waals surface area contributed by atoms with Crippen LogP contribution in [0.15, 0.2) is 44.7 Å². The molecule has 0 aliphatic heterocycles. The fraction of sp³-hybridized carbons (Fsp3) is 0.278. The number of aryl methyl sites for hydroxylation is 1. The Morgan fingerprint density at radius 2 is 2.00 bits per heavy atom. The zero-order valence-electron chi connectivity index (χ0n) is 15.0. The van der Waals surface area contributed by atoms with Crippen LogP contribution in [0.1, 0.15) is 24.1 Å². The fourth-order valence-electron chi connectivity index (χ4n) is 2.39. The van der Waals surface area contributed by atoms with Gasteiger partial charge in [-0.15, -0.1) is 0 Å². The highest BCUT2D eigenvalue weighted by molar-refractivity contribution is 7.98. The summed E-state index contributed by atoms with van der Waals surface area (Å²) < 4.78 is 49.7. The summed E-state index contributed by atoms with van der Waals surface area (Å²) >= 11 is 0.935. The van der Waals surface area contributed by atoms with Crippen molar-refractivity contribution < 1.29 is 22.3 Å². The third-order valence-corrected chi connectivity index (χ3v) is 4.55. The number of benzene rings is 1. The lowest BCUT2D eigenvalue weighted by Crippen LogP contribution is -2.16. The van der Waals surface area contributed by atoms with Crippen LogP contribution >= 0.6 is 11.8 Å². The molecule has 0 fully saturated rings. The number of halogens is 3. The maximum atomic E-state index is 12.8. The van der Waals surface area contributed by atoms with E-state index in [0.717, 1.165) is 11.8 Å². The molecule has 1 aromatic carbocycles. The molecule has 0 saturated heterocycles. The molecule has 3 rings (SSSR count). The van der Waals surface area contributed by atoms with Gasteiger partial charge in [0.2, 0.25) is 5.89 Å². The van der Waals surface area contributed by atoms with Gasteiger partial charge in [-0.3, -0.25) is 4.79 Å². The second-order valence-electron chi connectivity index (χ2n) is 5.67. The van der Waals surface area contributed by atoms with Crippen LogP contribution in [0.4, 0.5) is 13.2 Å². The molecular weight excluding hydrogens is 395 g/mol. The number of aromatic amines is 1. The maximum Gasteiger partial charge on any atom is 0.433 e. The largest absolute Gasteiger partial charge is 0.493 e. The molecule has 0 unspecified atom stereocenters. The Kier molecular flexibility index (Phi) is 5.78. The molecule has 148 valence electrons. The highest BCUT2D eigenvalue weighted by Gasteiger charge is 2.33. The third kappa shape index (κ3) is 4.56. The van der Waals surface area contributed by atoms with Gasteiger partial charge in [-0.2, -0.15) is 13.2 Å². The van der Waals surface area contributed by atoms with E-state index in [1.54, 1.807) is 19.1 Å². The molecule has 0 aliphatic rings. The number of nitrogens with one attached hydrogen (secondary N) is 1. The van der Waals surface area contributed by atoms with Crippen molar-refractivity contribution in [3.8, 4) is 17.2 Å². The summed E-state index contributed by atoms with van der Waals surface area (Å²) in [5, 5.41) is -0.140.